The third kappa shape index (κ3) is 7.28. The molecule has 0 aliphatic carbocycles. The van der Waals surface area contributed by atoms with Gasteiger partial charge in [-0.05, 0) is 74.5 Å². The van der Waals surface area contributed by atoms with E-state index in [9.17, 15) is 13.2 Å². The Kier molecular flexibility index (Phi) is 7.99. The molecule has 3 aromatic carbocycles. The second-order valence-electron chi connectivity index (χ2n) is 8.10. The molecule has 0 spiro atoms. The summed E-state index contributed by atoms with van der Waals surface area (Å²) in [6.45, 7) is 4.19. The number of hydrogen-bond donors (Lipinski definition) is 2. The maximum atomic E-state index is 12.7. The van der Waals surface area contributed by atoms with Crippen LogP contribution in [0.4, 0.5) is 11.6 Å². The van der Waals surface area contributed by atoms with E-state index in [1.54, 1.807) is 44.2 Å². The van der Waals surface area contributed by atoms with Gasteiger partial charge in [-0.2, -0.15) is 0 Å². The van der Waals surface area contributed by atoms with E-state index in [2.05, 4.69) is 20.0 Å². The third-order valence-electron chi connectivity index (χ3n) is 5.09. The topological polar surface area (TPSA) is 120 Å². The summed E-state index contributed by atoms with van der Waals surface area (Å²) in [6, 6.07) is 23.8. The summed E-state index contributed by atoms with van der Waals surface area (Å²) >= 11 is 0. The van der Waals surface area contributed by atoms with Crippen molar-refractivity contribution in [1.29, 1.82) is 0 Å². The van der Waals surface area contributed by atoms with E-state index >= 15 is 0 Å². The zero-order valence-corrected chi connectivity index (χ0v) is 21.2. The standard InChI is InChI=1S/C27H26N4O5S/c1-19-17-20(2)29-27(28-19)31-37(33,34)25-13-11-22(12-14-25)30-26(32)21-7-6-10-24(18-21)36-16-15-35-23-8-4-3-5-9-23/h3-14,17-18H,15-16H2,1-2H3,(H,30,32)(H,28,29,31). The Morgan fingerprint density at radius 1 is 0.784 bits per heavy atom. The van der Waals surface area contributed by atoms with Gasteiger partial charge in [0.1, 0.15) is 24.7 Å². The second-order valence-corrected chi connectivity index (χ2v) is 9.78. The first-order valence-corrected chi connectivity index (χ1v) is 12.9. The number of carbonyl (C=O) groups excluding carboxylic acids is 1. The smallest absolute Gasteiger partial charge is 0.264 e. The number of carbonyl (C=O) groups is 1. The molecule has 0 aliphatic heterocycles. The van der Waals surface area contributed by atoms with Crippen molar-refractivity contribution in [3.63, 3.8) is 0 Å². The molecule has 1 aromatic heterocycles. The lowest BCUT2D eigenvalue weighted by Crippen LogP contribution is -2.16. The molecule has 0 bridgehead atoms. The van der Waals surface area contributed by atoms with Gasteiger partial charge in [0.15, 0.2) is 0 Å². The van der Waals surface area contributed by atoms with E-state index in [4.69, 9.17) is 9.47 Å². The highest BCUT2D eigenvalue weighted by Gasteiger charge is 2.16. The Morgan fingerprint density at radius 2 is 1.41 bits per heavy atom. The van der Waals surface area contributed by atoms with Crippen LogP contribution < -0.4 is 19.5 Å². The number of amides is 1. The number of nitrogens with zero attached hydrogens (tertiary/aromatic N) is 2. The van der Waals surface area contributed by atoms with Gasteiger partial charge in [0, 0.05) is 22.6 Å². The fourth-order valence-electron chi connectivity index (χ4n) is 3.43. The summed E-state index contributed by atoms with van der Waals surface area (Å²) < 4.78 is 39.1. The van der Waals surface area contributed by atoms with Gasteiger partial charge >= 0.3 is 0 Å². The molecule has 1 heterocycles. The van der Waals surface area contributed by atoms with Crippen LogP contribution in [0.3, 0.4) is 0 Å². The molecule has 10 heteroatoms. The minimum atomic E-state index is -3.89. The molecule has 0 atom stereocenters. The van der Waals surface area contributed by atoms with Crippen molar-refractivity contribution in [3.05, 3.63) is 102 Å². The fraction of sp³-hybridized carbons (Fsp3) is 0.148. The van der Waals surface area contributed by atoms with Gasteiger partial charge in [-0.3, -0.25) is 4.79 Å². The highest BCUT2D eigenvalue weighted by atomic mass is 32.2. The Balaban J connectivity index is 1.33. The number of anilines is 2. The quantitative estimate of drug-likeness (QED) is 0.294. The van der Waals surface area contributed by atoms with Crippen molar-refractivity contribution in [2.45, 2.75) is 18.7 Å². The van der Waals surface area contributed by atoms with Crippen molar-refractivity contribution in [2.75, 3.05) is 23.3 Å². The molecule has 1 amide bonds. The van der Waals surface area contributed by atoms with E-state index in [-0.39, 0.29) is 16.8 Å². The van der Waals surface area contributed by atoms with E-state index in [1.807, 2.05) is 30.3 Å². The molecule has 37 heavy (non-hydrogen) atoms. The molecule has 0 saturated heterocycles. The zero-order chi connectivity index (χ0) is 26.3. The van der Waals surface area contributed by atoms with Gasteiger partial charge in [-0.15, -0.1) is 0 Å². The van der Waals surface area contributed by atoms with Crippen molar-refractivity contribution in [2.24, 2.45) is 0 Å². The van der Waals surface area contributed by atoms with Crippen LogP contribution in [-0.2, 0) is 10.0 Å². The van der Waals surface area contributed by atoms with Crippen molar-refractivity contribution in [1.82, 2.24) is 9.97 Å². The van der Waals surface area contributed by atoms with Gasteiger partial charge in [-0.25, -0.2) is 23.1 Å². The Labute approximate surface area is 215 Å². The Morgan fingerprint density at radius 3 is 2.08 bits per heavy atom. The third-order valence-corrected chi connectivity index (χ3v) is 6.43. The van der Waals surface area contributed by atoms with Crippen molar-refractivity contribution < 1.29 is 22.7 Å². The molecule has 4 aromatic rings. The lowest BCUT2D eigenvalue weighted by molar-refractivity contribution is 0.102. The molecular weight excluding hydrogens is 492 g/mol. The van der Waals surface area contributed by atoms with Crippen LogP contribution in [0.2, 0.25) is 0 Å². The van der Waals surface area contributed by atoms with Gasteiger partial charge < -0.3 is 14.8 Å². The lowest BCUT2D eigenvalue weighted by Gasteiger charge is -2.11. The average molecular weight is 519 g/mol. The SMILES string of the molecule is Cc1cc(C)nc(NS(=O)(=O)c2ccc(NC(=O)c3cccc(OCCOc4ccccc4)c3)cc2)n1. The first-order chi connectivity index (χ1) is 17.8. The fourth-order valence-corrected chi connectivity index (χ4v) is 4.38. The average Bonchev–Trinajstić information content (AvgIpc) is 2.87. The number of hydrogen-bond acceptors (Lipinski definition) is 7. The molecule has 2 N–H and O–H groups in total. The van der Waals surface area contributed by atoms with Gasteiger partial charge in [-0.1, -0.05) is 24.3 Å². The van der Waals surface area contributed by atoms with E-state index < -0.39 is 10.0 Å². The van der Waals surface area contributed by atoms with Crippen LogP contribution >= 0.6 is 0 Å². The molecule has 0 saturated carbocycles. The summed E-state index contributed by atoms with van der Waals surface area (Å²) in [5.74, 6) is 0.935. The molecule has 9 nitrogen and oxygen atoms in total. The molecular formula is C27H26N4O5S. The lowest BCUT2D eigenvalue weighted by atomic mass is 10.2. The summed E-state index contributed by atoms with van der Waals surface area (Å²) in [6.07, 6.45) is 0. The van der Waals surface area contributed by atoms with E-state index in [0.717, 1.165) is 5.75 Å². The van der Waals surface area contributed by atoms with Crippen LogP contribution in [0.1, 0.15) is 21.7 Å². The van der Waals surface area contributed by atoms with Crippen molar-refractivity contribution in [3.8, 4) is 11.5 Å². The number of ether oxygens (including phenoxy) is 2. The summed E-state index contributed by atoms with van der Waals surface area (Å²) in [7, 11) is -3.89. The molecule has 0 fully saturated rings. The van der Waals surface area contributed by atoms with Crippen LogP contribution in [0, 0.1) is 13.8 Å². The normalized spacial score (nSPS) is 11.0. The number of nitrogens with one attached hydrogen (secondary N) is 2. The van der Waals surface area contributed by atoms with Gasteiger partial charge in [0.05, 0.1) is 4.90 Å². The maximum absolute atomic E-state index is 12.7. The van der Waals surface area contributed by atoms with Crippen molar-refractivity contribution >= 4 is 27.6 Å². The molecule has 0 unspecified atom stereocenters. The van der Waals surface area contributed by atoms with Crippen LogP contribution in [0.15, 0.2) is 89.8 Å². The number of sulfonamides is 1. The number of aromatic nitrogens is 2. The number of aryl methyl sites for hydroxylation is 2. The zero-order valence-electron chi connectivity index (χ0n) is 20.3. The summed E-state index contributed by atoms with van der Waals surface area (Å²) in [4.78, 5) is 21.0. The minimum Gasteiger partial charge on any atom is -0.490 e. The molecule has 4 rings (SSSR count). The van der Waals surface area contributed by atoms with Crippen LogP contribution in [0.5, 0.6) is 11.5 Å². The number of benzene rings is 3. The van der Waals surface area contributed by atoms with E-state index in [0.29, 0.717) is 41.6 Å². The molecule has 190 valence electrons. The highest BCUT2D eigenvalue weighted by molar-refractivity contribution is 7.92. The Hall–Kier alpha value is -4.44. The van der Waals surface area contributed by atoms with E-state index in [1.165, 1.54) is 24.3 Å². The molecule has 0 radical (unpaired) electrons. The summed E-state index contributed by atoms with van der Waals surface area (Å²) in [5.41, 5.74) is 2.14. The van der Waals surface area contributed by atoms with Gasteiger partial charge in [0.2, 0.25) is 5.95 Å². The second kappa shape index (κ2) is 11.5. The Bertz CT molecular complexity index is 1460. The van der Waals surface area contributed by atoms with Crippen LogP contribution in [0.25, 0.3) is 0 Å². The summed E-state index contributed by atoms with van der Waals surface area (Å²) in [5, 5.41) is 2.76. The number of rotatable bonds is 10. The first-order valence-electron chi connectivity index (χ1n) is 11.5. The first kappa shape index (κ1) is 25.6. The number of para-hydroxylation sites is 1. The molecule has 0 aliphatic rings. The largest absolute Gasteiger partial charge is 0.490 e. The predicted molar refractivity (Wildman–Crippen MR) is 141 cm³/mol. The van der Waals surface area contributed by atoms with Crippen LogP contribution in [-0.4, -0.2) is 37.5 Å². The highest BCUT2D eigenvalue weighted by Crippen LogP contribution is 2.19. The maximum Gasteiger partial charge on any atom is 0.264 e. The monoisotopic (exact) mass is 518 g/mol. The van der Waals surface area contributed by atoms with Gasteiger partial charge in [0.25, 0.3) is 15.9 Å². The predicted octanol–water partition coefficient (Wildman–Crippen LogP) is 4.60. The minimum absolute atomic E-state index is 0.00334.